The van der Waals surface area contributed by atoms with Gasteiger partial charge in [-0.05, 0) is 23.3 Å². The Morgan fingerprint density at radius 2 is 1.67 bits per heavy atom. The predicted molar refractivity (Wildman–Crippen MR) is 70.2 cm³/mol. The maximum Gasteiger partial charge on any atom is 0.270 e. The summed E-state index contributed by atoms with van der Waals surface area (Å²) in [4.78, 5) is 10.2. The molecule has 92 valence electrons. The van der Waals surface area contributed by atoms with Crippen LogP contribution in [0.15, 0.2) is 36.4 Å². The number of nitro groups is 1. The molecule has 0 aliphatic rings. The van der Waals surface area contributed by atoms with Crippen molar-refractivity contribution >= 4 is 28.9 Å². The fourth-order valence-corrected chi connectivity index (χ4v) is 2.02. The zero-order valence-corrected chi connectivity index (χ0v) is 10.4. The van der Waals surface area contributed by atoms with E-state index >= 15 is 0 Å². The molecule has 0 saturated carbocycles. The van der Waals surface area contributed by atoms with Crippen molar-refractivity contribution in [2.24, 2.45) is 0 Å². The van der Waals surface area contributed by atoms with Crippen molar-refractivity contribution in [2.75, 3.05) is 0 Å². The van der Waals surface area contributed by atoms with Gasteiger partial charge in [-0.2, -0.15) is 0 Å². The van der Waals surface area contributed by atoms with Crippen LogP contribution >= 0.6 is 23.2 Å². The summed E-state index contributed by atoms with van der Waals surface area (Å²) in [5.41, 5.74) is 1.19. The molecular weight excluding hydrogens is 277 g/mol. The first-order valence-electron chi connectivity index (χ1n) is 4.92. The third-order valence-corrected chi connectivity index (χ3v) is 2.98. The molecule has 0 radical (unpaired) electrons. The quantitative estimate of drug-likeness (QED) is 0.661. The van der Waals surface area contributed by atoms with Crippen LogP contribution in [0.2, 0.25) is 10.0 Å². The number of benzene rings is 2. The normalized spacial score (nSPS) is 10.3. The lowest BCUT2D eigenvalue weighted by atomic mass is 10.1. The van der Waals surface area contributed by atoms with Gasteiger partial charge in [-0.25, -0.2) is 0 Å². The minimum absolute atomic E-state index is 0.0205. The van der Waals surface area contributed by atoms with Crippen LogP contribution < -0.4 is 0 Å². The minimum atomic E-state index is -0.479. The predicted octanol–water partition coefficient (Wildman–Crippen LogP) is 4.27. The van der Waals surface area contributed by atoms with Crippen molar-refractivity contribution < 1.29 is 10.0 Å². The second-order valence-corrected chi connectivity index (χ2v) is 4.41. The summed E-state index contributed by atoms with van der Waals surface area (Å²) in [5.74, 6) is -0.201. The summed E-state index contributed by atoms with van der Waals surface area (Å²) in [6.45, 7) is 0. The van der Waals surface area contributed by atoms with E-state index in [1.54, 1.807) is 12.1 Å². The lowest BCUT2D eigenvalue weighted by Crippen LogP contribution is -1.88. The second kappa shape index (κ2) is 4.84. The molecule has 0 amide bonds. The summed E-state index contributed by atoms with van der Waals surface area (Å²) >= 11 is 11.6. The molecule has 0 unspecified atom stereocenters. The van der Waals surface area contributed by atoms with Crippen LogP contribution in [0.4, 0.5) is 5.69 Å². The van der Waals surface area contributed by atoms with Gasteiger partial charge in [0.15, 0.2) is 5.75 Å². The third-order valence-electron chi connectivity index (χ3n) is 2.41. The first kappa shape index (κ1) is 12.7. The molecule has 0 saturated heterocycles. The Labute approximate surface area is 113 Å². The number of nitrogens with zero attached hydrogens (tertiary/aromatic N) is 1. The van der Waals surface area contributed by atoms with E-state index in [2.05, 4.69) is 0 Å². The van der Waals surface area contributed by atoms with Crippen molar-refractivity contribution in [3.8, 4) is 16.9 Å². The van der Waals surface area contributed by atoms with Gasteiger partial charge in [-0.3, -0.25) is 10.1 Å². The van der Waals surface area contributed by atoms with Crippen molar-refractivity contribution in [2.45, 2.75) is 0 Å². The molecule has 6 heteroatoms. The van der Waals surface area contributed by atoms with Crippen molar-refractivity contribution in [1.29, 1.82) is 0 Å². The van der Waals surface area contributed by atoms with E-state index in [1.165, 1.54) is 24.3 Å². The van der Waals surface area contributed by atoms with E-state index in [4.69, 9.17) is 23.2 Å². The van der Waals surface area contributed by atoms with Gasteiger partial charge in [0.25, 0.3) is 5.69 Å². The molecule has 4 nitrogen and oxygen atoms in total. The highest BCUT2D eigenvalue weighted by molar-refractivity contribution is 6.37. The fraction of sp³-hybridized carbons (Fsp3) is 0. The summed E-state index contributed by atoms with van der Waals surface area (Å²) in [6, 6.07) is 9.09. The lowest BCUT2D eigenvalue weighted by Gasteiger charge is -2.05. The lowest BCUT2D eigenvalue weighted by molar-refractivity contribution is -0.384. The SMILES string of the molecule is O=[N+]([O-])c1cccc(-c2cc(Cl)c(O)c(Cl)c2)c1. The molecule has 0 heterocycles. The molecule has 0 aromatic heterocycles. The fourth-order valence-electron chi connectivity index (χ4n) is 1.53. The minimum Gasteiger partial charge on any atom is -0.505 e. The zero-order valence-electron chi connectivity index (χ0n) is 8.93. The Hall–Kier alpha value is -1.78. The summed E-state index contributed by atoms with van der Waals surface area (Å²) in [5, 5.41) is 20.3. The molecule has 1 N–H and O–H groups in total. The van der Waals surface area contributed by atoms with Crippen LogP contribution in [0.1, 0.15) is 0 Å². The van der Waals surface area contributed by atoms with Crippen molar-refractivity contribution in [1.82, 2.24) is 0 Å². The summed E-state index contributed by atoms with van der Waals surface area (Å²) < 4.78 is 0. The standard InChI is InChI=1S/C12H7Cl2NO3/c13-10-5-8(6-11(14)12(10)16)7-2-1-3-9(4-7)15(17)18/h1-6,16H. The van der Waals surface area contributed by atoms with E-state index in [0.717, 1.165) is 0 Å². The molecular formula is C12H7Cl2NO3. The topological polar surface area (TPSA) is 63.4 Å². The van der Waals surface area contributed by atoms with Crippen LogP contribution in [0, 0.1) is 10.1 Å². The number of phenols is 1. The molecule has 0 spiro atoms. The van der Waals surface area contributed by atoms with Gasteiger partial charge in [0.05, 0.1) is 15.0 Å². The molecule has 2 aromatic rings. The monoisotopic (exact) mass is 283 g/mol. The highest BCUT2D eigenvalue weighted by Crippen LogP contribution is 2.36. The maximum atomic E-state index is 10.7. The van der Waals surface area contributed by atoms with Crippen LogP contribution in [0.25, 0.3) is 11.1 Å². The van der Waals surface area contributed by atoms with Gasteiger partial charge in [0, 0.05) is 12.1 Å². The molecule has 2 aromatic carbocycles. The Balaban J connectivity index is 2.55. The molecule has 18 heavy (non-hydrogen) atoms. The van der Waals surface area contributed by atoms with Gasteiger partial charge in [-0.15, -0.1) is 0 Å². The van der Waals surface area contributed by atoms with Gasteiger partial charge in [-0.1, -0.05) is 35.3 Å². The van der Waals surface area contributed by atoms with Crippen LogP contribution in [-0.2, 0) is 0 Å². The largest absolute Gasteiger partial charge is 0.505 e. The second-order valence-electron chi connectivity index (χ2n) is 3.60. The summed E-state index contributed by atoms with van der Waals surface area (Å²) in [6.07, 6.45) is 0. The number of non-ortho nitro benzene ring substituents is 1. The molecule has 2 rings (SSSR count). The number of nitro benzene ring substituents is 1. The highest BCUT2D eigenvalue weighted by atomic mass is 35.5. The van der Waals surface area contributed by atoms with Gasteiger partial charge >= 0.3 is 0 Å². The first-order chi connectivity index (χ1) is 8.49. The smallest absolute Gasteiger partial charge is 0.270 e. The van der Waals surface area contributed by atoms with Gasteiger partial charge < -0.3 is 5.11 Å². The Morgan fingerprint density at radius 1 is 1.06 bits per heavy atom. The van der Waals surface area contributed by atoms with Crippen LogP contribution in [0.5, 0.6) is 5.75 Å². The van der Waals surface area contributed by atoms with E-state index in [1.807, 2.05) is 0 Å². The first-order valence-corrected chi connectivity index (χ1v) is 5.67. The number of halogens is 2. The van der Waals surface area contributed by atoms with E-state index in [0.29, 0.717) is 11.1 Å². The van der Waals surface area contributed by atoms with Crippen LogP contribution in [0.3, 0.4) is 0 Å². The number of hydrogen-bond donors (Lipinski definition) is 1. The van der Waals surface area contributed by atoms with Crippen molar-refractivity contribution in [3.63, 3.8) is 0 Å². The molecule has 0 aliphatic carbocycles. The average Bonchev–Trinajstić information content (AvgIpc) is 2.35. The van der Waals surface area contributed by atoms with Crippen LogP contribution in [-0.4, -0.2) is 10.0 Å². The Morgan fingerprint density at radius 3 is 2.22 bits per heavy atom. The Bertz CT molecular complexity index is 605. The molecule has 0 aliphatic heterocycles. The van der Waals surface area contributed by atoms with E-state index in [-0.39, 0.29) is 21.5 Å². The van der Waals surface area contributed by atoms with Crippen molar-refractivity contribution in [3.05, 3.63) is 56.6 Å². The third kappa shape index (κ3) is 2.39. The number of aromatic hydroxyl groups is 1. The summed E-state index contributed by atoms with van der Waals surface area (Å²) in [7, 11) is 0. The van der Waals surface area contributed by atoms with E-state index in [9.17, 15) is 15.2 Å². The molecule has 0 bridgehead atoms. The van der Waals surface area contributed by atoms with Gasteiger partial charge in [0.2, 0.25) is 0 Å². The highest BCUT2D eigenvalue weighted by Gasteiger charge is 2.11. The number of rotatable bonds is 2. The van der Waals surface area contributed by atoms with Gasteiger partial charge in [0.1, 0.15) is 0 Å². The maximum absolute atomic E-state index is 10.7. The Kier molecular flexibility index (Phi) is 3.41. The molecule has 0 fully saturated rings. The average molecular weight is 284 g/mol. The van der Waals surface area contributed by atoms with E-state index < -0.39 is 4.92 Å². The number of hydrogen-bond acceptors (Lipinski definition) is 3. The molecule has 0 atom stereocenters. The zero-order chi connectivity index (χ0) is 13.3. The number of phenolic OH excluding ortho intramolecular Hbond substituents is 1.